The molecule has 0 aliphatic carbocycles. The summed E-state index contributed by atoms with van der Waals surface area (Å²) in [5.41, 5.74) is 2.12. The summed E-state index contributed by atoms with van der Waals surface area (Å²) in [6.45, 7) is 2.86. The molecule has 100 valence electrons. The van der Waals surface area contributed by atoms with E-state index in [0.29, 0.717) is 6.54 Å². The number of nitrogens with zero attached hydrogens (tertiary/aromatic N) is 3. The maximum atomic E-state index is 5.90. The van der Waals surface area contributed by atoms with Crippen molar-refractivity contribution < 1.29 is 0 Å². The molecular weight excluding hydrogens is 281 g/mol. The lowest BCUT2D eigenvalue weighted by Crippen LogP contribution is -2.22. The van der Waals surface area contributed by atoms with Gasteiger partial charge in [0.25, 0.3) is 0 Å². The van der Waals surface area contributed by atoms with Gasteiger partial charge in [-0.3, -0.25) is 4.90 Å². The normalized spacial score (nSPS) is 12.7. The third-order valence-electron chi connectivity index (χ3n) is 3.11. The lowest BCUT2D eigenvalue weighted by molar-refractivity contribution is 0.250. The van der Waals surface area contributed by atoms with Gasteiger partial charge in [0.1, 0.15) is 0 Å². The minimum atomic E-state index is 0.269. The smallest absolute Gasteiger partial charge is 0.222 e. The number of benzene rings is 1. The first kappa shape index (κ1) is 14.3. The highest BCUT2D eigenvalue weighted by molar-refractivity contribution is 6.30. The summed E-state index contributed by atoms with van der Waals surface area (Å²) in [6.07, 6.45) is 1.67. The lowest BCUT2D eigenvalue weighted by atomic mass is 10.1. The first-order valence-corrected chi connectivity index (χ1v) is 6.75. The number of halogens is 2. The Kier molecular flexibility index (Phi) is 4.75. The SMILES string of the molecule is CC(c1ccc(Cl)cc1)N(C)Cc1ccnc(Cl)n1. The number of hydrogen-bond acceptors (Lipinski definition) is 3. The molecule has 1 unspecified atom stereocenters. The van der Waals surface area contributed by atoms with Gasteiger partial charge in [-0.25, -0.2) is 9.97 Å². The van der Waals surface area contributed by atoms with Crippen LogP contribution in [-0.4, -0.2) is 21.9 Å². The first-order valence-electron chi connectivity index (χ1n) is 5.99. The van der Waals surface area contributed by atoms with Crippen LogP contribution >= 0.6 is 23.2 Å². The van der Waals surface area contributed by atoms with E-state index in [0.717, 1.165) is 10.7 Å². The summed E-state index contributed by atoms with van der Waals surface area (Å²) in [5, 5.41) is 1.03. The Labute approximate surface area is 123 Å². The van der Waals surface area contributed by atoms with Gasteiger partial charge in [0.15, 0.2) is 0 Å². The van der Waals surface area contributed by atoms with Crippen molar-refractivity contribution in [2.75, 3.05) is 7.05 Å². The van der Waals surface area contributed by atoms with Gasteiger partial charge in [0, 0.05) is 23.8 Å². The lowest BCUT2D eigenvalue weighted by Gasteiger charge is -2.24. The monoisotopic (exact) mass is 295 g/mol. The van der Waals surface area contributed by atoms with E-state index in [9.17, 15) is 0 Å². The molecule has 0 saturated carbocycles. The van der Waals surface area contributed by atoms with Crippen molar-refractivity contribution in [2.45, 2.75) is 19.5 Å². The van der Waals surface area contributed by atoms with Crippen LogP contribution in [0.25, 0.3) is 0 Å². The van der Waals surface area contributed by atoms with Crippen LogP contribution in [0.1, 0.15) is 24.2 Å². The zero-order chi connectivity index (χ0) is 13.8. The largest absolute Gasteiger partial charge is 0.294 e. The summed E-state index contributed by atoms with van der Waals surface area (Å²) in [6, 6.07) is 10.0. The molecule has 1 aromatic heterocycles. The summed E-state index contributed by atoms with van der Waals surface area (Å²) < 4.78 is 0. The average Bonchev–Trinajstić information content (AvgIpc) is 2.39. The summed E-state index contributed by atoms with van der Waals surface area (Å²) in [4.78, 5) is 10.3. The Morgan fingerprint density at radius 2 is 1.84 bits per heavy atom. The molecule has 0 aliphatic heterocycles. The van der Waals surface area contributed by atoms with Crippen LogP contribution in [0, 0.1) is 0 Å². The molecule has 1 heterocycles. The van der Waals surface area contributed by atoms with E-state index in [2.05, 4.69) is 28.8 Å². The molecule has 0 saturated heterocycles. The van der Waals surface area contributed by atoms with E-state index < -0.39 is 0 Å². The molecule has 2 rings (SSSR count). The highest BCUT2D eigenvalue weighted by Crippen LogP contribution is 2.22. The number of aromatic nitrogens is 2. The van der Waals surface area contributed by atoms with E-state index in [1.54, 1.807) is 6.20 Å². The van der Waals surface area contributed by atoms with Gasteiger partial charge in [-0.15, -0.1) is 0 Å². The highest BCUT2D eigenvalue weighted by Gasteiger charge is 2.12. The van der Waals surface area contributed by atoms with Gasteiger partial charge in [-0.2, -0.15) is 0 Å². The molecule has 1 atom stereocenters. The Balaban J connectivity index is 2.07. The second-order valence-electron chi connectivity index (χ2n) is 4.46. The Morgan fingerprint density at radius 3 is 2.47 bits per heavy atom. The van der Waals surface area contributed by atoms with Gasteiger partial charge in [-0.1, -0.05) is 23.7 Å². The van der Waals surface area contributed by atoms with E-state index in [1.165, 1.54) is 5.56 Å². The molecule has 1 aromatic carbocycles. The van der Waals surface area contributed by atoms with E-state index in [-0.39, 0.29) is 11.3 Å². The van der Waals surface area contributed by atoms with Crippen molar-refractivity contribution in [3.05, 3.63) is 58.1 Å². The van der Waals surface area contributed by atoms with Crippen molar-refractivity contribution in [3.8, 4) is 0 Å². The standard InChI is InChI=1S/C14H15Cl2N3/c1-10(11-3-5-12(15)6-4-11)19(2)9-13-7-8-17-14(16)18-13/h3-8,10H,9H2,1-2H3. The highest BCUT2D eigenvalue weighted by atomic mass is 35.5. The summed E-state index contributed by atoms with van der Waals surface area (Å²) in [7, 11) is 2.05. The third kappa shape index (κ3) is 3.90. The molecule has 3 nitrogen and oxygen atoms in total. The minimum Gasteiger partial charge on any atom is -0.294 e. The fraction of sp³-hybridized carbons (Fsp3) is 0.286. The van der Waals surface area contributed by atoms with E-state index in [4.69, 9.17) is 23.2 Å². The first-order chi connectivity index (χ1) is 9.06. The van der Waals surface area contributed by atoms with Gasteiger partial charge in [0.2, 0.25) is 5.28 Å². The van der Waals surface area contributed by atoms with Crippen LogP contribution in [0.4, 0.5) is 0 Å². The molecular formula is C14H15Cl2N3. The van der Waals surface area contributed by atoms with Crippen LogP contribution in [0.3, 0.4) is 0 Å². The fourth-order valence-electron chi connectivity index (χ4n) is 1.85. The van der Waals surface area contributed by atoms with Crippen LogP contribution in [-0.2, 0) is 6.54 Å². The van der Waals surface area contributed by atoms with Gasteiger partial charge < -0.3 is 0 Å². The summed E-state index contributed by atoms with van der Waals surface area (Å²) >= 11 is 11.7. The number of hydrogen-bond donors (Lipinski definition) is 0. The van der Waals surface area contributed by atoms with Crippen molar-refractivity contribution in [3.63, 3.8) is 0 Å². The predicted molar refractivity (Wildman–Crippen MR) is 78.4 cm³/mol. The zero-order valence-electron chi connectivity index (χ0n) is 10.8. The molecule has 2 aromatic rings. The van der Waals surface area contributed by atoms with E-state index in [1.807, 2.05) is 30.3 Å². The zero-order valence-corrected chi connectivity index (χ0v) is 12.4. The molecule has 0 amide bonds. The van der Waals surface area contributed by atoms with Crippen molar-refractivity contribution in [2.24, 2.45) is 0 Å². The van der Waals surface area contributed by atoms with Gasteiger partial charge in [0.05, 0.1) is 5.69 Å². The van der Waals surface area contributed by atoms with Crippen molar-refractivity contribution >= 4 is 23.2 Å². The molecule has 0 spiro atoms. The topological polar surface area (TPSA) is 29.0 Å². The second kappa shape index (κ2) is 6.33. The predicted octanol–water partition coefficient (Wildman–Crippen LogP) is 3.98. The molecule has 0 bridgehead atoms. The van der Waals surface area contributed by atoms with Gasteiger partial charge >= 0.3 is 0 Å². The molecule has 0 N–H and O–H groups in total. The minimum absolute atomic E-state index is 0.269. The third-order valence-corrected chi connectivity index (χ3v) is 3.54. The van der Waals surface area contributed by atoms with Crippen LogP contribution in [0.15, 0.2) is 36.5 Å². The average molecular weight is 296 g/mol. The van der Waals surface area contributed by atoms with Crippen molar-refractivity contribution in [1.29, 1.82) is 0 Å². The summed E-state index contributed by atoms with van der Waals surface area (Å²) in [5.74, 6) is 0. The number of rotatable bonds is 4. The molecule has 5 heteroatoms. The van der Waals surface area contributed by atoms with Gasteiger partial charge in [-0.05, 0) is 49.3 Å². The van der Waals surface area contributed by atoms with E-state index >= 15 is 0 Å². The Bertz CT molecular complexity index is 543. The fourth-order valence-corrected chi connectivity index (χ4v) is 2.14. The maximum Gasteiger partial charge on any atom is 0.222 e. The van der Waals surface area contributed by atoms with Crippen LogP contribution < -0.4 is 0 Å². The van der Waals surface area contributed by atoms with Crippen molar-refractivity contribution in [1.82, 2.24) is 14.9 Å². The Hall–Kier alpha value is -1.16. The maximum absolute atomic E-state index is 5.90. The quantitative estimate of drug-likeness (QED) is 0.799. The second-order valence-corrected chi connectivity index (χ2v) is 5.23. The molecule has 0 fully saturated rings. The Morgan fingerprint density at radius 1 is 1.16 bits per heavy atom. The molecule has 19 heavy (non-hydrogen) atoms. The molecule has 0 aliphatic rings. The van der Waals surface area contributed by atoms with Crippen LogP contribution in [0.2, 0.25) is 10.3 Å². The van der Waals surface area contributed by atoms with Crippen LogP contribution in [0.5, 0.6) is 0 Å². The molecule has 0 radical (unpaired) electrons.